The average molecular weight is 157 g/mol. The molecular weight excluding hydrogens is 138 g/mol. The van der Waals surface area contributed by atoms with E-state index in [1.807, 2.05) is 13.8 Å². The minimum absolute atomic E-state index is 0.555. The highest BCUT2D eigenvalue weighted by Crippen LogP contribution is 2.33. The first-order valence-electron chi connectivity index (χ1n) is 4.48. The van der Waals surface area contributed by atoms with Crippen molar-refractivity contribution in [2.45, 2.75) is 45.3 Å². The molecule has 0 aromatic carbocycles. The van der Waals surface area contributed by atoms with Gasteiger partial charge in [-0.3, -0.25) is 0 Å². The smallest absolute Gasteiger partial charge is 0.0715 e. The average Bonchev–Trinajstić information content (AvgIpc) is 2.60. The molecular formula is C9H19NO. The molecule has 2 nitrogen and oxygen atoms in total. The molecule has 2 atom stereocenters. The molecule has 66 valence electrons. The third kappa shape index (κ3) is 3.21. The molecule has 1 saturated carbocycles. The second-order valence-corrected chi connectivity index (χ2v) is 4.20. The Morgan fingerprint density at radius 3 is 2.55 bits per heavy atom. The highest BCUT2D eigenvalue weighted by atomic mass is 16.3. The van der Waals surface area contributed by atoms with Crippen molar-refractivity contribution >= 4 is 0 Å². The number of nitrogens with one attached hydrogen (secondary N) is 1. The van der Waals surface area contributed by atoms with E-state index < -0.39 is 5.60 Å². The van der Waals surface area contributed by atoms with Crippen LogP contribution in [0.3, 0.4) is 0 Å². The van der Waals surface area contributed by atoms with Crippen molar-refractivity contribution < 1.29 is 5.11 Å². The molecule has 0 aromatic rings. The van der Waals surface area contributed by atoms with Crippen LogP contribution in [0.4, 0.5) is 0 Å². The Hall–Kier alpha value is -0.0800. The monoisotopic (exact) mass is 157 g/mol. The van der Waals surface area contributed by atoms with Crippen molar-refractivity contribution in [3.05, 3.63) is 0 Å². The van der Waals surface area contributed by atoms with E-state index in [1.54, 1.807) is 0 Å². The topological polar surface area (TPSA) is 32.3 Å². The second kappa shape index (κ2) is 3.11. The SMILES string of the molecule is CC[C@@H]1C[C@H]1NCC(C)(C)O. The Balaban J connectivity index is 2.06. The zero-order valence-corrected chi connectivity index (χ0v) is 7.72. The van der Waals surface area contributed by atoms with Gasteiger partial charge in [0.1, 0.15) is 0 Å². The van der Waals surface area contributed by atoms with Gasteiger partial charge in [0.05, 0.1) is 5.60 Å². The highest BCUT2D eigenvalue weighted by Gasteiger charge is 2.35. The lowest BCUT2D eigenvalue weighted by atomic mass is 10.1. The van der Waals surface area contributed by atoms with Crippen molar-refractivity contribution in [1.29, 1.82) is 0 Å². The Labute approximate surface area is 69.0 Å². The van der Waals surface area contributed by atoms with E-state index in [0.717, 1.165) is 5.92 Å². The van der Waals surface area contributed by atoms with Crippen LogP contribution in [-0.2, 0) is 0 Å². The maximum atomic E-state index is 9.39. The molecule has 0 unspecified atom stereocenters. The Morgan fingerprint density at radius 1 is 1.55 bits per heavy atom. The summed E-state index contributed by atoms with van der Waals surface area (Å²) in [6.07, 6.45) is 2.57. The summed E-state index contributed by atoms with van der Waals surface area (Å²) < 4.78 is 0. The van der Waals surface area contributed by atoms with E-state index in [4.69, 9.17) is 0 Å². The van der Waals surface area contributed by atoms with Gasteiger partial charge in [0.2, 0.25) is 0 Å². The van der Waals surface area contributed by atoms with Crippen LogP contribution in [0, 0.1) is 5.92 Å². The molecule has 0 saturated heterocycles. The largest absolute Gasteiger partial charge is 0.389 e. The van der Waals surface area contributed by atoms with Gasteiger partial charge in [-0.25, -0.2) is 0 Å². The van der Waals surface area contributed by atoms with Crippen LogP contribution in [0.5, 0.6) is 0 Å². The van der Waals surface area contributed by atoms with Gasteiger partial charge in [-0.15, -0.1) is 0 Å². The van der Waals surface area contributed by atoms with Crippen molar-refractivity contribution in [3.63, 3.8) is 0 Å². The minimum Gasteiger partial charge on any atom is -0.389 e. The third-order valence-corrected chi connectivity index (χ3v) is 2.24. The summed E-state index contributed by atoms with van der Waals surface area (Å²) in [4.78, 5) is 0. The summed E-state index contributed by atoms with van der Waals surface area (Å²) in [6.45, 7) is 6.61. The molecule has 0 bridgehead atoms. The number of hydrogen-bond donors (Lipinski definition) is 2. The molecule has 11 heavy (non-hydrogen) atoms. The molecule has 0 radical (unpaired) electrons. The van der Waals surface area contributed by atoms with Gasteiger partial charge in [0.15, 0.2) is 0 Å². The Morgan fingerprint density at radius 2 is 2.18 bits per heavy atom. The lowest BCUT2D eigenvalue weighted by molar-refractivity contribution is 0.0790. The summed E-state index contributed by atoms with van der Waals surface area (Å²) >= 11 is 0. The summed E-state index contributed by atoms with van der Waals surface area (Å²) in [5, 5.41) is 12.7. The summed E-state index contributed by atoms with van der Waals surface area (Å²) in [5.41, 5.74) is -0.555. The minimum atomic E-state index is -0.555. The van der Waals surface area contributed by atoms with Gasteiger partial charge in [0.25, 0.3) is 0 Å². The van der Waals surface area contributed by atoms with Crippen molar-refractivity contribution in [3.8, 4) is 0 Å². The summed E-state index contributed by atoms with van der Waals surface area (Å²) in [7, 11) is 0. The molecule has 1 fully saturated rings. The normalized spacial score (nSPS) is 30.5. The number of aliphatic hydroxyl groups is 1. The van der Waals surface area contributed by atoms with Gasteiger partial charge >= 0.3 is 0 Å². The molecule has 1 aliphatic carbocycles. The molecule has 1 aliphatic rings. The predicted octanol–water partition coefficient (Wildman–Crippen LogP) is 1.15. The Kier molecular flexibility index (Phi) is 2.55. The van der Waals surface area contributed by atoms with Crippen LogP contribution in [0.25, 0.3) is 0 Å². The zero-order chi connectivity index (χ0) is 8.48. The first-order chi connectivity index (χ1) is 5.03. The molecule has 0 spiro atoms. The third-order valence-electron chi connectivity index (χ3n) is 2.24. The van der Waals surface area contributed by atoms with E-state index in [0.29, 0.717) is 12.6 Å². The van der Waals surface area contributed by atoms with Crippen molar-refractivity contribution in [1.82, 2.24) is 5.32 Å². The van der Waals surface area contributed by atoms with Gasteiger partial charge in [-0.2, -0.15) is 0 Å². The van der Waals surface area contributed by atoms with Crippen LogP contribution >= 0.6 is 0 Å². The molecule has 0 amide bonds. The fraction of sp³-hybridized carbons (Fsp3) is 1.00. The molecule has 0 aromatic heterocycles. The van der Waals surface area contributed by atoms with Crippen LogP contribution in [-0.4, -0.2) is 23.3 Å². The van der Waals surface area contributed by atoms with Crippen LogP contribution in [0.15, 0.2) is 0 Å². The van der Waals surface area contributed by atoms with E-state index in [2.05, 4.69) is 12.2 Å². The summed E-state index contributed by atoms with van der Waals surface area (Å²) in [6, 6.07) is 0.687. The zero-order valence-electron chi connectivity index (χ0n) is 7.72. The molecule has 0 aliphatic heterocycles. The first-order valence-corrected chi connectivity index (χ1v) is 4.48. The molecule has 2 N–H and O–H groups in total. The Bertz CT molecular complexity index is 128. The van der Waals surface area contributed by atoms with Gasteiger partial charge < -0.3 is 10.4 Å². The molecule has 1 rings (SSSR count). The van der Waals surface area contributed by atoms with Crippen molar-refractivity contribution in [2.24, 2.45) is 5.92 Å². The van der Waals surface area contributed by atoms with E-state index >= 15 is 0 Å². The van der Waals surface area contributed by atoms with Gasteiger partial charge in [-0.1, -0.05) is 13.3 Å². The van der Waals surface area contributed by atoms with Crippen molar-refractivity contribution in [2.75, 3.05) is 6.54 Å². The second-order valence-electron chi connectivity index (χ2n) is 4.20. The van der Waals surface area contributed by atoms with Gasteiger partial charge in [-0.05, 0) is 26.2 Å². The number of rotatable bonds is 4. The fourth-order valence-electron chi connectivity index (χ4n) is 1.33. The van der Waals surface area contributed by atoms with Crippen LogP contribution < -0.4 is 5.32 Å². The van der Waals surface area contributed by atoms with Gasteiger partial charge in [0, 0.05) is 12.6 Å². The van der Waals surface area contributed by atoms with E-state index in [9.17, 15) is 5.11 Å². The maximum absolute atomic E-state index is 9.39. The molecule has 0 heterocycles. The van der Waals surface area contributed by atoms with Crippen LogP contribution in [0.1, 0.15) is 33.6 Å². The number of hydrogen-bond acceptors (Lipinski definition) is 2. The predicted molar refractivity (Wildman–Crippen MR) is 46.5 cm³/mol. The summed E-state index contributed by atoms with van der Waals surface area (Å²) in [5.74, 6) is 0.873. The quantitative estimate of drug-likeness (QED) is 0.641. The van der Waals surface area contributed by atoms with E-state index in [-0.39, 0.29) is 0 Å². The lowest BCUT2D eigenvalue weighted by Crippen LogP contribution is -2.36. The first kappa shape index (κ1) is 9.01. The molecule has 2 heteroatoms. The van der Waals surface area contributed by atoms with Crippen LogP contribution in [0.2, 0.25) is 0 Å². The van der Waals surface area contributed by atoms with E-state index in [1.165, 1.54) is 12.8 Å². The fourth-order valence-corrected chi connectivity index (χ4v) is 1.33. The highest BCUT2D eigenvalue weighted by molar-refractivity contribution is 4.93. The standard InChI is InChI=1S/C9H19NO/c1-4-7-5-8(7)10-6-9(2,3)11/h7-8,10-11H,4-6H2,1-3H3/t7-,8-/m1/s1. The maximum Gasteiger partial charge on any atom is 0.0715 e. The lowest BCUT2D eigenvalue weighted by Gasteiger charge is -2.17.